The number of fused-ring (bicyclic) bond motifs is 4. The predicted octanol–water partition coefficient (Wildman–Crippen LogP) is 1.55. The molecule has 3 N–H and O–H groups in total. The van der Waals surface area contributed by atoms with Crippen LogP contribution in [-0.2, 0) is 19.9 Å². The second-order valence-electron chi connectivity index (χ2n) is 8.71. The maximum Gasteiger partial charge on any atom is 0.291 e. The van der Waals surface area contributed by atoms with Crippen molar-refractivity contribution in [1.29, 1.82) is 0 Å². The highest BCUT2D eigenvalue weighted by atomic mass is 16.2. The molecule has 3 aliphatic heterocycles. The van der Waals surface area contributed by atoms with Crippen molar-refractivity contribution in [1.82, 2.24) is 0 Å². The number of quaternary nitrogens is 1. The number of hydrogen-bond acceptors (Lipinski definition) is 3. The van der Waals surface area contributed by atoms with E-state index in [1.807, 2.05) is 62.5 Å². The summed E-state index contributed by atoms with van der Waals surface area (Å²) in [4.78, 5) is 41.8. The first-order chi connectivity index (χ1) is 13.9. The topological polar surface area (TPSA) is 83.1 Å². The number of aryl methyl sites for hydroxylation is 1. The zero-order valence-corrected chi connectivity index (χ0v) is 16.7. The van der Waals surface area contributed by atoms with Gasteiger partial charge in [0.15, 0.2) is 0 Å². The Morgan fingerprint density at radius 2 is 1.69 bits per heavy atom. The highest BCUT2D eigenvalue weighted by Gasteiger charge is 2.74. The van der Waals surface area contributed by atoms with Gasteiger partial charge in [0.1, 0.15) is 17.9 Å². The summed E-state index contributed by atoms with van der Waals surface area (Å²) in [6.45, 7) is 6.05. The van der Waals surface area contributed by atoms with Crippen LogP contribution in [0.2, 0.25) is 0 Å². The van der Waals surface area contributed by atoms with E-state index in [0.717, 1.165) is 16.8 Å². The molecule has 2 saturated heterocycles. The van der Waals surface area contributed by atoms with E-state index in [1.54, 1.807) is 12.1 Å². The summed E-state index contributed by atoms with van der Waals surface area (Å²) in [5.74, 6) is -1.79. The molecule has 3 heterocycles. The SMILES string of the molecule is Cc1ccc(N2C(=O)[C@H]3[C@@H](C2=O)[C@]2([NH2+][C@H]3C(C)C)C(=O)Nc3ccccc32)cc1. The van der Waals surface area contributed by atoms with Gasteiger partial charge < -0.3 is 10.6 Å². The number of nitrogens with zero attached hydrogens (tertiary/aromatic N) is 1. The molecule has 29 heavy (non-hydrogen) atoms. The molecule has 0 aromatic heterocycles. The number of carbonyl (C=O) groups excluding carboxylic acids is 3. The van der Waals surface area contributed by atoms with E-state index in [1.165, 1.54) is 4.90 Å². The Balaban J connectivity index is 1.68. The highest BCUT2D eigenvalue weighted by molar-refractivity contribution is 6.25. The van der Waals surface area contributed by atoms with Gasteiger partial charge in [-0.1, -0.05) is 49.7 Å². The number of nitrogens with one attached hydrogen (secondary N) is 1. The van der Waals surface area contributed by atoms with Crippen LogP contribution < -0.4 is 15.5 Å². The van der Waals surface area contributed by atoms with Crippen LogP contribution in [0.1, 0.15) is 25.0 Å². The monoisotopic (exact) mass is 390 g/mol. The van der Waals surface area contributed by atoms with Crippen molar-refractivity contribution in [3.63, 3.8) is 0 Å². The fourth-order valence-electron chi connectivity index (χ4n) is 5.40. The maximum absolute atomic E-state index is 13.7. The van der Waals surface area contributed by atoms with Gasteiger partial charge in [0.05, 0.1) is 11.4 Å². The lowest BCUT2D eigenvalue weighted by molar-refractivity contribution is -0.738. The van der Waals surface area contributed by atoms with Crippen LogP contribution in [0.25, 0.3) is 0 Å². The van der Waals surface area contributed by atoms with E-state index in [4.69, 9.17) is 0 Å². The third-order valence-electron chi connectivity index (χ3n) is 6.77. The number of benzene rings is 2. The Labute approximate surface area is 169 Å². The van der Waals surface area contributed by atoms with Crippen molar-refractivity contribution < 1.29 is 19.7 Å². The lowest BCUT2D eigenvalue weighted by Gasteiger charge is -2.27. The number of hydrogen-bond donors (Lipinski definition) is 2. The summed E-state index contributed by atoms with van der Waals surface area (Å²) in [5.41, 5.74) is 2.06. The molecule has 2 aromatic rings. The molecule has 0 unspecified atom stereocenters. The van der Waals surface area contributed by atoms with Gasteiger partial charge in [-0.2, -0.15) is 0 Å². The van der Waals surface area contributed by atoms with Gasteiger partial charge in [-0.3, -0.25) is 14.4 Å². The van der Waals surface area contributed by atoms with Gasteiger partial charge in [-0.25, -0.2) is 4.90 Å². The first-order valence-corrected chi connectivity index (χ1v) is 10.1. The quantitative estimate of drug-likeness (QED) is 0.764. The minimum atomic E-state index is -1.09. The molecule has 0 aliphatic carbocycles. The minimum Gasteiger partial charge on any atom is -0.326 e. The van der Waals surface area contributed by atoms with Crippen molar-refractivity contribution in [2.75, 3.05) is 10.2 Å². The number of para-hydroxylation sites is 1. The van der Waals surface area contributed by atoms with Crippen LogP contribution in [0.15, 0.2) is 48.5 Å². The summed E-state index contributed by atoms with van der Waals surface area (Å²) >= 11 is 0. The van der Waals surface area contributed by atoms with E-state index in [0.29, 0.717) is 5.69 Å². The number of nitrogens with two attached hydrogens (primary N) is 1. The summed E-state index contributed by atoms with van der Waals surface area (Å²) in [6, 6.07) is 14.7. The summed E-state index contributed by atoms with van der Waals surface area (Å²) in [7, 11) is 0. The number of rotatable bonds is 2. The molecule has 0 bridgehead atoms. The summed E-state index contributed by atoms with van der Waals surface area (Å²) < 4.78 is 0. The summed E-state index contributed by atoms with van der Waals surface area (Å²) in [6.07, 6.45) is 0. The van der Waals surface area contributed by atoms with Gasteiger partial charge >= 0.3 is 0 Å². The van der Waals surface area contributed by atoms with Crippen LogP contribution in [0.5, 0.6) is 0 Å². The molecule has 0 saturated carbocycles. The van der Waals surface area contributed by atoms with E-state index >= 15 is 0 Å². The Morgan fingerprint density at radius 1 is 1.00 bits per heavy atom. The van der Waals surface area contributed by atoms with Crippen molar-refractivity contribution in [3.8, 4) is 0 Å². The van der Waals surface area contributed by atoms with Gasteiger partial charge in [0, 0.05) is 11.5 Å². The Kier molecular flexibility index (Phi) is 3.74. The predicted molar refractivity (Wildman–Crippen MR) is 108 cm³/mol. The van der Waals surface area contributed by atoms with Gasteiger partial charge in [0.2, 0.25) is 17.4 Å². The smallest absolute Gasteiger partial charge is 0.291 e. The molecule has 5 rings (SSSR count). The molecule has 6 nitrogen and oxygen atoms in total. The zero-order chi connectivity index (χ0) is 20.5. The van der Waals surface area contributed by atoms with E-state index in [9.17, 15) is 14.4 Å². The molecule has 3 aliphatic rings. The van der Waals surface area contributed by atoms with Crippen molar-refractivity contribution in [3.05, 3.63) is 59.7 Å². The number of amides is 3. The lowest BCUT2D eigenvalue weighted by atomic mass is 9.76. The van der Waals surface area contributed by atoms with Gasteiger partial charge in [0.25, 0.3) is 5.91 Å². The third kappa shape index (κ3) is 2.23. The van der Waals surface area contributed by atoms with E-state index in [-0.39, 0.29) is 29.7 Å². The molecule has 2 fully saturated rings. The van der Waals surface area contributed by atoms with Crippen molar-refractivity contribution >= 4 is 29.1 Å². The Morgan fingerprint density at radius 3 is 2.38 bits per heavy atom. The third-order valence-corrected chi connectivity index (χ3v) is 6.77. The Hall–Kier alpha value is -2.99. The van der Waals surface area contributed by atoms with Crippen LogP contribution in [-0.4, -0.2) is 23.8 Å². The standard InChI is InChI=1S/C23H23N3O3/c1-12(2)19-17-18(21(28)26(20(17)27)14-10-8-13(3)9-11-14)23(25-19)15-6-4-5-7-16(15)24-22(23)29/h4-12,17-19,25H,1-3H3,(H,24,29)/p+1/t17-,18-,19-,23-/m0/s1. The fourth-order valence-corrected chi connectivity index (χ4v) is 5.40. The van der Waals surface area contributed by atoms with Crippen LogP contribution >= 0.6 is 0 Å². The molecular weight excluding hydrogens is 366 g/mol. The average Bonchev–Trinajstić information content (AvgIpc) is 3.28. The minimum absolute atomic E-state index is 0.136. The van der Waals surface area contributed by atoms with Gasteiger partial charge in [-0.05, 0) is 25.1 Å². The molecule has 4 atom stereocenters. The molecule has 3 amide bonds. The average molecular weight is 390 g/mol. The number of anilines is 2. The molecule has 1 spiro atoms. The normalized spacial score (nSPS) is 30.3. The largest absolute Gasteiger partial charge is 0.326 e. The van der Waals surface area contributed by atoms with Gasteiger partial charge in [-0.15, -0.1) is 0 Å². The van der Waals surface area contributed by atoms with Crippen LogP contribution in [0, 0.1) is 24.7 Å². The lowest BCUT2D eigenvalue weighted by Crippen LogP contribution is -2.99. The molecule has 6 heteroatoms. The number of imide groups is 1. The first kappa shape index (κ1) is 18.1. The second-order valence-corrected chi connectivity index (χ2v) is 8.71. The Bertz CT molecular complexity index is 1050. The van der Waals surface area contributed by atoms with E-state index in [2.05, 4.69) is 5.32 Å². The van der Waals surface area contributed by atoms with Crippen LogP contribution in [0.4, 0.5) is 11.4 Å². The number of carbonyl (C=O) groups is 3. The first-order valence-electron chi connectivity index (χ1n) is 10.1. The molecule has 148 valence electrons. The zero-order valence-electron chi connectivity index (χ0n) is 16.7. The molecule has 2 aromatic carbocycles. The van der Waals surface area contributed by atoms with Crippen molar-refractivity contribution in [2.45, 2.75) is 32.4 Å². The van der Waals surface area contributed by atoms with Crippen LogP contribution in [0.3, 0.4) is 0 Å². The molecule has 0 radical (unpaired) electrons. The molecular formula is C23H24N3O3+. The second kappa shape index (κ2) is 6.00. The summed E-state index contributed by atoms with van der Waals surface area (Å²) in [5, 5.41) is 4.93. The fraction of sp³-hybridized carbons (Fsp3) is 0.348. The maximum atomic E-state index is 13.7. The highest BCUT2D eigenvalue weighted by Crippen LogP contribution is 2.50. The van der Waals surface area contributed by atoms with Crippen molar-refractivity contribution in [2.24, 2.45) is 17.8 Å². The van der Waals surface area contributed by atoms with E-state index < -0.39 is 17.4 Å².